The summed E-state index contributed by atoms with van der Waals surface area (Å²) in [6, 6.07) is 0.165. The van der Waals surface area contributed by atoms with E-state index in [1.54, 1.807) is 6.92 Å². The van der Waals surface area contributed by atoms with Gasteiger partial charge in [-0.15, -0.1) is 11.6 Å². The van der Waals surface area contributed by atoms with E-state index in [1.807, 2.05) is 0 Å². The van der Waals surface area contributed by atoms with Crippen LogP contribution in [0.3, 0.4) is 0 Å². The largest absolute Gasteiger partial charge is 0.438 e. The maximum Gasteiger partial charge on any atom is 0.289 e. The summed E-state index contributed by atoms with van der Waals surface area (Å²) in [5.74, 6) is 1.10. The summed E-state index contributed by atoms with van der Waals surface area (Å²) in [6.45, 7) is 1.76. The highest BCUT2D eigenvalue weighted by molar-refractivity contribution is 6.18. The van der Waals surface area contributed by atoms with E-state index in [4.69, 9.17) is 16.0 Å². The fourth-order valence-electron chi connectivity index (χ4n) is 2.34. The smallest absolute Gasteiger partial charge is 0.289 e. The van der Waals surface area contributed by atoms with Crippen molar-refractivity contribution in [2.24, 2.45) is 5.92 Å². The number of carbonyl (C=O) groups is 1. The van der Waals surface area contributed by atoms with Gasteiger partial charge in [-0.25, -0.2) is 4.98 Å². The molecule has 94 valence electrons. The van der Waals surface area contributed by atoms with Gasteiger partial charge in [0, 0.05) is 11.9 Å². The molecule has 1 aromatic heterocycles. The number of hydrogen-bond acceptors (Lipinski definition) is 3. The minimum absolute atomic E-state index is 0.165. The second-order valence-electron chi connectivity index (χ2n) is 4.55. The quantitative estimate of drug-likeness (QED) is 0.846. The van der Waals surface area contributed by atoms with E-state index in [2.05, 4.69) is 10.3 Å². The third-order valence-corrected chi connectivity index (χ3v) is 3.77. The minimum Gasteiger partial charge on any atom is -0.438 e. The summed E-state index contributed by atoms with van der Waals surface area (Å²) in [7, 11) is 0. The molecule has 0 saturated heterocycles. The molecule has 5 heteroatoms. The molecule has 1 amide bonds. The number of carbonyl (C=O) groups excluding carboxylic acids is 1. The molecule has 17 heavy (non-hydrogen) atoms. The van der Waals surface area contributed by atoms with Crippen LogP contribution in [-0.4, -0.2) is 22.8 Å². The highest BCUT2D eigenvalue weighted by Gasteiger charge is 2.27. The second-order valence-corrected chi connectivity index (χ2v) is 4.85. The van der Waals surface area contributed by atoms with Crippen molar-refractivity contribution in [3.8, 4) is 0 Å². The summed E-state index contributed by atoms with van der Waals surface area (Å²) >= 11 is 5.93. The van der Waals surface area contributed by atoms with E-state index in [-0.39, 0.29) is 11.9 Å². The van der Waals surface area contributed by atoms with Crippen molar-refractivity contribution < 1.29 is 9.21 Å². The maximum absolute atomic E-state index is 12.0. The molecule has 2 unspecified atom stereocenters. The molecule has 2 atom stereocenters. The molecule has 0 bridgehead atoms. The summed E-state index contributed by atoms with van der Waals surface area (Å²) in [5.41, 5.74) is 0.626. The highest BCUT2D eigenvalue weighted by Crippen LogP contribution is 2.25. The molecule has 1 heterocycles. The highest BCUT2D eigenvalue weighted by atomic mass is 35.5. The Bertz CT molecular complexity index is 392. The van der Waals surface area contributed by atoms with Crippen LogP contribution in [-0.2, 0) is 0 Å². The first-order valence-corrected chi connectivity index (χ1v) is 6.52. The number of aryl methyl sites for hydroxylation is 1. The van der Waals surface area contributed by atoms with Crippen molar-refractivity contribution in [2.75, 3.05) is 5.88 Å². The molecular weight excluding hydrogens is 240 g/mol. The number of amides is 1. The predicted octanol–water partition coefficient (Wildman–Crippen LogP) is 2.51. The molecule has 0 spiro atoms. The van der Waals surface area contributed by atoms with Gasteiger partial charge in [0.05, 0.1) is 5.69 Å². The van der Waals surface area contributed by atoms with Crippen LogP contribution in [0, 0.1) is 12.8 Å². The first-order valence-electron chi connectivity index (χ1n) is 5.99. The van der Waals surface area contributed by atoms with Crippen molar-refractivity contribution in [1.82, 2.24) is 10.3 Å². The van der Waals surface area contributed by atoms with E-state index in [1.165, 1.54) is 12.8 Å². The zero-order valence-corrected chi connectivity index (χ0v) is 10.7. The molecule has 1 aliphatic rings. The van der Waals surface area contributed by atoms with Crippen LogP contribution in [0.1, 0.15) is 41.9 Å². The zero-order valence-electron chi connectivity index (χ0n) is 9.91. The molecule has 0 radical (unpaired) electrons. The lowest BCUT2D eigenvalue weighted by Gasteiger charge is -2.30. The molecular formula is C12H17ClN2O2. The third kappa shape index (κ3) is 2.80. The van der Waals surface area contributed by atoms with E-state index in [0.29, 0.717) is 23.3 Å². The summed E-state index contributed by atoms with van der Waals surface area (Å²) < 4.78 is 5.08. The summed E-state index contributed by atoms with van der Waals surface area (Å²) in [4.78, 5) is 15.9. The summed E-state index contributed by atoms with van der Waals surface area (Å²) in [5, 5.41) is 3.01. The number of hydrogen-bond donors (Lipinski definition) is 1. The Morgan fingerprint density at radius 2 is 2.35 bits per heavy atom. The van der Waals surface area contributed by atoms with Gasteiger partial charge in [-0.2, -0.15) is 0 Å². The van der Waals surface area contributed by atoms with Crippen molar-refractivity contribution in [1.29, 1.82) is 0 Å². The number of rotatable bonds is 3. The van der Waals surface area contributed by atoms with Crippen LogP contribution in [0.25, 0.3) is 0 Å². The van der Waals surface area contributed by atoms with Gasteiger partial charge >= 0.3 is 0 Å². The van der Waals surface area contributed by atoms with Crippen LogP contribution in [0.2, 0.25) is 0 Å². The number of nitrogens with one attached hydrogen (secondary N) is 1. The van der Waals surface area contributed by atoms with Gasteiger partial charge in [0.15, 0.2) is 6.39 Å². The number of oxazole rings is 1. The summed E-state index contributed by atoms with van der Waals surface area (Å²) in [6.07, 6.45) is 5.73. The van der Waals surface area contributed by atoms with Crippen molar-refractivity contribution in [2.45, 2.75) is 38.6 Å². The molecule has 2 rings (SSSR count). The molecule has 1 saturated carbocycles. The Labute approximate surface area is 106 Å². The zero-order chi connectivity index (χ0) is 12.3. The fraction of sp³-hybridized carbons (Fsp3) is 0.667. The lowest BCUT2D eigenvalue weighted by molar-refractivity contribution is 0.0882. The van der Waals surface area contributed by atoms with E-state index < -0.39 is 0 Å². The average Bonchev–Trinajstić information content (AvgIpc) is 2.76. The fourth-order valence-corrected chi connectivity index (χ4v) is 2.71. The maximum atomic E-state index is 12.0. The van der Waals surface area contributed by atoms with Gasteiger partial charge in [-0.05, 0) is 25.7 Å². The van der Waals surface area contributed by atoms with Gasteiger partial charge in [0.1, 0.15) is 0 Å². The van der Waals surface area contributed by atoms with Crippen LogP contribution in [0.15, 0.2) is 10.8 Å². The van der Waals surface area contributed by atoms with E-state index >= 15 is 0 Å². The topological polar surface area (TPSA) is 55.1 Å². The molecule has 1 aliphatic carbocycles. The number of halogens is 1. The van der Waals surface area contributed by atoms with Gasteiger partial charge in [0.2, 0.25) is 5.76 Å². The predicted molar refractivity (Wildman–Crippen MR) is 65.2 cm³/mol. The lowest BCUT2D eigenvalue weighted by Crippen LogP contribution is -2.42. The van der Waals surface area contributed by atoms with Gasteiger partial charge in [-0.1, -0.05) is 12.8 Å². The van der Waals surface area contributed by atoms with E-state index in [0.717, 1.165) is 19.3 Å². The van der Waals surface area contributed by atoms with Crippen LogP contribution >= 0.6 is 11.6 Å². The minimum atomic E-state index is -0.179. The molecule has 1 fully saturated rings. The normalized spacial score (nSPS) is 24.6. The molecule has 0 aliphatic heterocycles. The number of aromatic nitrogens is 1. The van der Waals surface area contributed by atoms with Crippen molar-refractivity contribution >= 4 is 17.5 Å². The van der Waals surface area contributed by atoms with Gasteiger partial charge < -0.3 is 9.73 Å². The first-order chi connectivity index (χ1) is 8.22. The lowest BCUT2D eigenvalue weighted by atomic mass is 9.85. The Morgan fingerprint density at radius 3 is 3.00 bits per heavy atom. The second kappa shape index (κ2) is 5.54. The Balaban J connectivity index is 2.00. The molecule has 1 N–H and O–H groups in total. The molecule has 4 nitrogen and oxygen atoms in total. The standard InChI is InChI=1S/C12H17ClN2O2/c1-8-11(17-7-14-8)12(16)15-10-5-3-2-4-9(10)6-13/h7,9-10H,2-6H2,1H3,(H,15,16). The van der Waals surface area contributed by atoms with Crippen LogP contribution in [0.5, 0.6) is 0 Å². The Hall–Kier alpha value is -1.03. The number of alkyl halides is 1. The monoisotopic (exact) mass is 256 g/mol. The van der Waals surface area contributed by atoms with Gasteiger partial charge in [-0.3, -0.25) is 4.79 Å². The van der Waals surface area contributed by atoms with E-state index in [9.17, 15) is 4.79 Å². The van der Waals surface area contributed by atoms with Crippen molar-refractivity contribution in [3.05, 3.63) is 17.8 Å². The Kier molecular flexibility index (Phi) is 4.05. The van der Waals surface area contributed by atoms with Gasteiger partial charge in [0.25, 0.3) is 5.91 Å². The number of nitrogens with zero attached hydrogens (tertiary/aromatic N) is 1. The first kappa shape index (κ1) is 12.4. The molecule has 1 aromatic rings. The third-order valence-electron chi connectivity index (χ3n) is 3.38. The van der Waals surface area contributed by atoms with Crippen molar-refractivity contribution in [3.63, 3.8) is 0 Å². The van der Waals surface area contributed by atoms with Crippen LogP contribution in [0.4, 0.5) is 0 Å². The molecule has 0 aromatic carbocycles. The SMILES string of the molecule is Cc1ncoc1C(=O)NC1CCCCC1CCl. The average molecular weight is 257 g/mol. The van der Waals surface area contributed by atoms with Crippen LogP contribution < -0.4 is 5.32 Å². The Morgan fingerprint density at radius 1 is 1.59 bits per heavy atom.